The van der Waals surface area contributed by atoms with E-state index in [4.69, 9.17) is 13.9 Å². The number of nitrogens with one attached hydrogen (secondary N) is 1. The molecule has 1 aliphatic heterocycles. The molecule has 7 nitrogen and oxygen atoms in total. The lowest BCUT2D eigenvalue weighted by Gasteiger charge is -2.26. The smallest absolute Gasteiger partial charge is 0.232 e. The minimum atomic E-state index is 0.256. The molecule has 0 radical (unpaired) electrons. The maximum absolute atomic E-state index is 9.26. The van der Waals surface area contributed by atoms with E-state index in [1.54, 1.807) is 13.2 Å². The number of hydrogen-bond donors (Lipinski definition) is 1. The van der Waals surface area contributed by atoms with E-state index in [2.05, 4.69) is 21.3 Å². The summed E-state index contributed by atoms with van der Waals surface area (Å²) < 4.78 is 16.3. The topological polar surface area (TPSA) is 83.5 Å². The minimum absolute atomic E-state index is 0.256. The standard InChI is InChI=1S/C19H22N4O3/c1-24-17-5-3-2-4-15(17)6-7-18-22-16(14-20)19(26-18)21-8-9-23-10-12-25-13-11-23/h2-7,21H,8-13H2,1H3/b7-6+. The highest BCUT2D eigenvalue weighted by atomic mass is 16.5. The number of oxazole rings is 1. The number of ether oxygens (including phenoxy) is 2. The average molecular weight is 354 g/mol. The summed E-state index contributed by atoms with van der Waals surface area (Å²) >= 11 is 0. The first-order chi connectivity index (χ1) is 12.8. The number of hydrogen-bond acceptors (Lipinski definition) is 7. The molecule has 2 heterocycles. The molecule has 0 saturated carbocycles. The van der Waals surface area contributed by atoms with Gasteiger partial charge in [0.2, 0.25) is 17.5 Å². The van der Waals surface area contributed by atoms with Crippen LogP contribution in [0.5, 0.6) is 5.75 Å². The van der Waals surface area contributed by atoms with Crippen molar-refractivity contribution in [3.63, 3.8) is 0 Å². The fraction of sp³-hybridized carbons (Fsp3) is 0.368. The highest BCUT2D eigenvalue weighted by molar-refractivity contribution is 5.70. The van der Waals surface area contributed by atoms with Crippen molar-refractivity contribution < 1.29 is 13.9 Å². The molecule has 7 heteroatoms. The summed E-state index contributed by atoms with van der Waals surface area (Å²) in [6, 6.07) is 9.72. The van der Waals surface area contributed by atoms with Crippen LogP contribution in [0.2, 0.25) is 0 Å². The molecule has 136 valence electrons. The molecule has 0 unspecified atom stereocenters. The summed E-state index contributed by atoms with van der Waals surface area (Å²) in [5.74, 6) is 1.54. The largest absolute Gasteiger partial charge is 0.496 e. The molecular formula is C19H22N4O3. The first kappa shape index (κ1) is 18.0. The Morgan fingerprint density at radius 3 is 2.88 bits per heavy atom. The summed E-state index contributed by atoms with van der Waals surface area (Å²) in [4.78, 5) is 6.52. The average Bonchev–Trinajstić information content (AvgIpc) is 3.09. The summed E-state index contributed by atoms with van der Waals surface area (Å²) in [7, 11) is 1.63. The maximum atomic E-state index is 9.26. The zero-order chi connectivity index (χ0) is 18.2. The lowest BCUT2D eigenvalue weighted by Crippen LogP contribution is -2.39. The van der Waals surface area contributed by atoms with E-state index in [9.17, 15) is 5.26 Å². The Morgan fingerprint density at radius 1 is 1.31 bits per heavy atom. The molecule has 0 spiro atoms. The number of methoxy groups -OCH3 is 1. The van der Waals surface area contributed by atoms with Crippen molar-refractivity contribution >= 4 is 18.0 Å². The van der Waals surface area contributed by atoms with Gasteiger partial charge in [-0.15, -0.1) is 0 Å². The molecule has 0 aliphatic carbocycles. The normalized spacial score (nSPS) is 15.1. The molecule has 1 saturated heterocycles. The van der Waals surface area contributed by atoms with Gasteiger partial charge >= 0.3 is 0 Å². The second-order valence-corrected chi connectivity index (χ2v) is 5.80. The molecule has 2 aromatic rings. The third kappa shape index (κ3) is 4.63. The van der Waals surface area contributed by atoms with Gasteiger partial charge in [0.25, 0.3) is 0 Å². The molecule has 0 atom stereocenters. The van der Waals surface area contributed by atoms with Crippen LogP contribution in [-0.2, 0) is 4.74 Å². The Kier molecular flexibility index (Phi) is 6.25. The molecule has 0 bridgehead atoms. The van der Waals surface area contributed by atoms with E-state index in [0.29, 0.717) is 18.3 Å². The number of nitriles is 1. The van der Waals surface area contributed by atoms with Gasteiger partial charge < -0.3 is 19.2 Å². The third-order valence-electron chi connectivity index (χ3n) is 4.11. The summed E-state index contributed by atoms with van der Waals surface area (Å²) in [5.41, 5.74) is 1.17. The monoisotopic (exact) mass is 354 g/mol. The Hall–Kier alpha value is -2.82. The van der Waals surface area contributed by atoms with Gasteiger partial charge in [0, 0.05) is 37.8 Å². The molecule has 1 aliphatic rings. The predicted molar refractivity (Wildman–Crippen MR) is 98.9 cm³/mol. The van der Waals surface area contributed by atoms with Crippen molar-refractivity contribution in [3.05, 3.63) is 41.4 Å². The van der Waals surface area contributed by atoms with Crippen LogP contribution in [-0.4, -0.2) is 56.4 Å². The molecule has 3 rings (SSSR count). The van der Waals surface area contributed by atoms with Crippen molar-refractivity contribution in [3.8, 4) is 11.8 Å². The molecule has 1 aromatic carbocycles. The van der Waals surface area contributed by atoms with E-state index in [1.807, 2.05) is 30.3 Å². The lowest BCUT2D eigenvalue weighted by atomic mass is 10.2. The Morgan fingerprint density at radius 2 is 2.12 bits per heavy atom. The van der Waals surface area contributed by atoms with Gasteiger partial charge in [-0.1, -0.05) is 18.2 Å². The van der Waals surface area contributed by atoms with E-state index >= 15 is 0 Å². The predicted octanol–water partition coefficient (Wildman–Crippen LogP) is 2.47. The van der Waals surface area contributed by atoms with E-state index in [-0.39, 0.29) is 5.69 Å². The first-order valence-corrected chi connectivity index (χ1v) is 8.56. The zero-order valence-electron chi connectivity index (χ0n) is 14.8. The number of anilines is 1. The SMILES string of the molecule is COc1ccccc1/C=C/c1nc(C#N)c(NCCN2CCOCC2)o1. The van der Waals surface area contributed by atoms with Crippen LogP contribution in [0.15, 0.2) is 28.7 Å². The Balaban J connectivity index is 1.62. The number of aromatic nitrogens is 1. The Labute approximate surface area is 152 Å². The van der Waals surface area contributed by atoms with Gasteiger partial charge in [0.15, 0.2) is 0 Å². The van der Waals surface area contributed by atoms with Gasteiger partial charge in [-0.3, -0.25) is 4.90 Å². The van der Waals surface area contributed by atoms with Crippen molar-refractivity contribution in [2.45, 2.75) is 0 Å². The molecule has 1 fully saturated rings. The van der Waals surface area contributed by atoms with Gasteiger partial charge in [0.05, 0.1) is 20.3 Å². The lowest BCUT2D eigenvalue weighted by molar-refractivity contribution is 0.0398. The first-order valence-electron chi connectivity index (χ1n) is 8.56. The summed E-state index contributed by atoms with van der Waals surface area (Å²) in [6.45, 7) is 4.93. The van der Waals surface area contributed by atoms with Crippen molar-refractivity contribution in [1.82, 2.24) is 9.88 Å². The number of morpholine rings is 1. The molecular weight excluding hydrogens is 332 g/mol. The van der Waals surface area contributed by atoms with Crippen LogP contribution in [0.25, 0.3) is 12.2 Å². The summed E-state index contributed by atoms with van der Waals surface area (Å²) in [6.07, 6.45) is 3.58. The fourth-order valence-electron chi connectivity index (χ4n) is 2.72. The zero-order valence-corrected chi connectivity index (χ0v) is 14.8. The van der Waals surface area contributed by atoms with Crippen molar-refractivity contribution in [2.24, 2.45) is 0 Å². The minimum Gasteiger partial charge on any atom is -0.496 e. The van der Waals surface area contributed by atoms with Gasteiger partial charge in [-0.25, -0.2) is 0 Å². The van der Waals surface area contributed by atoms with Gasteiger partial charge in [-0.05, 0) is 12.1 Å². The van der Waals surface area contributed by atoms with Gasteiger partial charge in [-0.2, -0.15) is 10.2 Å². The van der Waals surface area contributed by atoms with Crippen LogP contribution in [0.1, 0.15) is 17.1 Å². The van der Waals surface area contributed by atoms with Crippen LogP contribution in [0, 0.1) is 11.3 Å². The van der Waals surface area contributed by atoms with E-state index in [1.165, 1.54) is 0 Å². The second-order valence-electron chi connectivity index (χ2n) is 5.80. The quantitative estimate of drug-likeness (QED) is 0.818. The maximum Gasteiger partial charge on any atom is 0.232 e. The number of benzene rings is 1. The molecule has 1 N–H and O–H groups in total. The highest BCUT2D eigenvalue weighted by Crippen LogP contribution is 2.22. The molecule has 1 aromatic heterocycles. The van der Waals surface area contributed by atoms with Crippen LogP contribution in [0.3, 0.4) is 0 Å². The Bertz CT molecular complexity index is 788. The van der Waals surface area contributed by atoms with Crippen LogP contribution >= 0.6 is 0 Å². The third-order valence-corrected chi connectivity index (χ3v) is 4.11. The van der Waals surface area contributed by atoms with Crippen molar-refractivity contribution in [1.29, 1.82) is 5.26 Å². The van der Waals surface area contributed by atoms with Crippen LogP contribution < -0.4 is 10.1 Å². The number of nitrogens with zero attached hydrogens (tertiary/aromatic N) is 3. The summed E-state index contributed by atoms with van der Waals surface area (Å²) in [5, 5.41) is 12.4. The van der Waals surface area contributed by atoms with E-state index < -0.39 is 0 Å². The van der Waals surface area contributed by atoms with Gasteiger partial charge in [0.1, 0.15) is 11.8 Å². The highest BCUT2D eigenvalue weighted by Gasteiger charge is 2.13. The molecule has 0 amide bonds. The fourth-order valence-corrected chi connectivity index (χ4v) is 2.72. The van der Waals surface area contributed by atoms with Crippen LogP contribution in [0.4, 0.5) is 5.88 Å². The number of rotatable bonds is 7. The van der Waals surface area contributed by atoms with Crippen molar-refractivity contribution in [2.75, 3.05) is 51.8 Å². The molecule has 26 heavy (non-hydrogen) atoms. The van der Waals surface area contributed by atoms with E-state index in [0.717, 1.165) is 44.2 Å². The number of para-hydroxylation sites is 1. The second kappa shape index (κ2) is 9.04.